The molecule has 2 nitrogen and oxygen atoms in total. The van der Waals surface area contributed by atoms with Gasteiger partial charge in [-0.15, -0.1) is 0 Å². The Labute approximate surface area is 154 Å². The van der Waals surface area contributed by atoms with Crippen LogP contribution in [0, 0.1) is 5.41 Å². The lowest BCUT2D eigenvalue weighted by atomic mass is 10.1. The summed E-state index contributed by atoms with van der Waals surface area (Å²) in [6.07, 6.45) is 17.3. The lowest BCUT2D eigenvalue weighted by Gasteiger charge is -2.12. The van der Waals surface area contributed by atoms with Crippen molar-refractivity contribution in [2.24, 2.45) is 0 Å². The third-order valence-corrected chi connectivity index (χ3v) is 3.55. The smallest absolute Gasteiger partial charge is 0.137 e. The maximum atomic E-state index is 8.20. The normalized spacial score (nSPS) is 12.2. The standard InChI is InChI=1S/C23H33NO/c1-7-10-11-15-22(9-3)23(24)21(6)25-18-12-14-20(5)17-16-19(4)13-8-2/h7-8,10,13,15-17,24H,4-6,9,11-12,14,18H2,1-3H3/b10-7?,13-8?,17-16?,22-15+,24-23?. The molecule has 0 radical (unpaired) electrons. The van der Waals surface area contributed by atoms with Crippen molar-refractivity contribution < 1.29 is 4.74 Å². The molecule has 0 rings (SSSR count). The van der Waals surface area contributed by atoms with Gasteiger partial charge < -0.3 is 4.74 Å². The van der Waals surface area contributed by atoms with Gasteiger partial charge in [-0.2, -0.15) is 0 Å². The second kappa shape index (κ2) is 14.0. The molecule has 0 aromatic heterocycles. The molecule has 0 bridgehead atoms. The highest BCUT2D eigenvalue weighted by Crippen LogP contribution is 2.13. The van der Waals surface area contributed by atoms with Crippen molar-refractivity contribution in [3.63, 3.8) is 0 Å². The Morgan fingerprint density at radius 2 is 1.76 bits per heavy atom. The van der Waals surface area contributed by atoms with Gasteiger partial charge in [-0.05, 0) is 50.7 Å². The van der Waals surface area contributed by atoms with Crippen molar-refractivity contribution in [3.8, 4) is 0 Å². The fourth-order valence-electron chi connectivity index (χ4n) is 2.09. The molecule has 0 spiro atoms. The van der Waals surface area contributed by atoms with Crippen LogP contribution in [0.5, 0.6) is 0 Å². The van der Waals surface area contributed by atoms with E-state index >= 15 is 0 Å². The van der Waals surface area contributed by atoms with Crippen molar-refractivity contribution >= 4 is 5.71 Å². The summed E-state index contributed by atoms with van der Waals surface area (Å²) in [6, 6.07) is 0. The molecule has 136 valence electrons. The van der Waals surface area contributed by atoms with Gasteiger partial charge >= 0.3 is 0 Å². The molecule has 0 aromatic rings. The number of allylic oxidation sites excluding steroid dienone is 10. The monoisotopic (exact) mass is 339 g/mol. The van der Waals surface area contributed by atoms with Gasteiger partial charge in [-0.25, -0.2) is 0 Å². The van der Waals surface area contributed by atoms with Gasteiger partial charge in [0.25, 0.3) is 0 Å². The molecule has 0 aliphatic heterocycles. The molecule has 2 heteroatoms. The minimum Gasteiger partial charge on any atom is -0.492 e. The number of rotatable bonds is 13. The van der Waals surface area contributed by atoms with Crippen molar-refractivity contribution in [3.05, 3.63) is 84.7 Å². The molecule has 25 heavy (non-hydrogen) atoms. The molecule has 0 fully saturated rings. The van der Waals surface area contributed by atoms with E-state index in [9.17, 15) is 0 Å². The SMILES string of the molecule is C=C(C=CC)C=CC(=C)CCCOC(=C)C(=N)/C(=C/CC=CC)CC. The Bertz CT molecular complexity index is 585. The first-order chi connectivity index (χ1) is 12.0. The van der Waals surface area contributed by atoms with Crippen LogP contribution in [0.1, 0.15) is 46.5 Å². The highest BCUT2D eigenvalue weighted by Gasteiger charge is 2.08. The Morgan fingerprint density at radius 1 is 1.04 bits per heavy atom. The summed E-state index contributed by atoms with van der Waals surface area (Å²) in [5.74, 6) is 0.441. The van der Waals surface area contributed by atoms with Gasteiger partial charge in [0, 0.05) is 0 Å². The van der Waals surface area contributed by atoms with Crippen LogP contribution < -0.4 is 0 Å². The van der Waals surface area contributed by atoms with Crippen LogP contribution in [0.2, 0.25) is 0 Å². The van der Waals surface area contributed by atoms with E-state index in [1.165, 1.54) is 0 Å². The van der Waals surface area contributed by atoms with Gasteiger partial charge in [-0.1, -0.05) is 74.8 Å². The molecule has 0 heterocycles. The van der Waals surface area contributed by atoms with Crippen LogP contribution in [0.4, 0.5) is 0 Å². The number of hydrogen-bond donors (Lipinski definition) is 1. The molecular weight excluding hydrogens is 306 g/mol. The van der Waals surface area contributed by atoms with E-state index in [1.807, 2.05) is 51.2 Å². The van der Waals surface area contributed by atoms with Crippen molar-refractivity contribution in [1.29, 1.82) is 5.41 Å². The fourth-order valence-corrected chi connectivity index (χ4v) is 2.09. The van der Waals surface area contributed by atoms with Crippen LogP contribution in [0.15, 0.2) is 84.7 Å². The minimum atomic E-state index is 0.397. The summed E-state index contributed by atoms with van der Waals surface area (Å²) in [5.41, 5.74) is 3.36. The van der Waals surface area contributed by atoms with Gasteiger partial charge in [-0.3, -0.25) is 5.41 Å². The highest BCUT2D eigenvalue weighted by molar-refractivity contribution is 6.08. The Kier molecular flexibility index (Phi) is 12.7. The third-order valence-electron chi connectivity index (χ3n) is 3.55. The first kappa shape index (κ1) is 22.6. The van der Waals surface area contributed by atoms with Crippen LogP contribution >= 0.6 is 0 Å². The number of ether oxygens (including phenoxy) is 1. The van der Waals surface area contributed by atoms with Gasteiger partial charge in [0.05, 0.1) is 12.3 Å². The summed E-state index contributed by atoms with van der Waals surface area (Å²) in [6.45, 7) is 18.4. The molecule has 0 aliphatic rings. The second-order valence-corrected chi connectivity index (χ2v) is 5.70. The zero-order chi connectivity index (χ0) is 19.1. The quantitative estimate of drug-likeness (QED) is 0.128. The van der Waals surface area contributed by atoms with E-state index < -0.39 is 0 Å². The van der Waals surface area contributed by atoms with Gasteiger partial charge in [0.1, 0.15) is 5.76 Å². The first-order valence-electron chi connectivity index (χ1n) is 8.84. The lowest BCUT2D eigenvalue weighted by molar-refractivity contribution is 0.228. The topological polar surface area (TPSA) is 33.1 Å². The van der Waals surface area contributed by atoms with Crippen LogP contribution in [-0.2, 0) is 4.74 Å². The minimum absolute atomic E-state index is 0.397. The molecule has 0 saturated heterocycles. The summed E-state index contributed by atoms with van der Waals surface area (Å²) in [4.78, 5) is 0. The predicted octanol–water partition coefficient (Wildman–Crippen LogP) is 6.86. The van der Waals surface area contributed by atoms with Crippen molar-refractivity contribution in [2.45, 2.75) is 46.5 Å². The molecule has 0 aliphatic carbocycles. The van der Waals surface area contributed by atoms with Gasteiger partial charge in [0.2, 0.25) is 0 Å². The lowest BCUT2D eigenvalue weighted by Crippen LogP contribution is -2.08. The van der Waals surface area contributed by atoms with E-state index in [2.05, 4.69) is 31.9 Å². The fraction of sp³-hybridized carbons (Fsp3) is 0.348. The maximum absolute atomic E-state index is 8.20. The van der Waals surface area contributed by atoms with E-state index in [0.717, 1.165) is 42.4 Å². The summed E-state index contributed by atoms with van der Waals surface area (Å²) < 4.78 is 5.64. The zero-order valence-electron chi connectivity index (χ0n) is 16.1. The Hall–Kier alpha value is -2.35. The van der Waals surface area contributed by atoms with Crippen molar-refractivity contribution in [1.82, 2.24) is 0 Å². The van der Waals surface area contributed by atoms with E-state index in [0.29, 0.717) is 18.1 Å². The Morgan fingerprint density at radius 3 is 2.36 bits per heavy atom. The van der Waals surface area contributed by atoms with E-state index in [-0.39, 0.29) is 0 Å². The average Bonchev–Trinajstić information content (AvgIpc) is 2.60. The summed E-state index contributed by atoms with van der Waals surface area (Å²) >= 11 is 0. The van der Waals surface area contributed by atoms with Crippen molar-refractivity contribution in [2.75, 3.05) is 6.61 Å². The summed E-state index contributed by atoms with van der Waals surface area (Å²) in [7, 11) is 0. The number of nitrogens with one attached hydrogen (secondary N) is 1. The van der Waals surface area contributed by atoms with Crippen LogP contribution in [0.3, 0.4) is 0 Å². The molecule has 0 amide bonds. The average molecular weight is 340 g/mol. The molecular formula is C23H33NO. The number of hydrogen-bond acceptors (Lipinski definition) is 2. The molecule has 1 N–H and O–H groups in total. The van der Waals surface area contributed by atoms with Gasteiger partial charge in [0.15, 0.2) is 0 Å². The second-order valence-electron chi connectivity index (χ2n) is 5.70. The summed E-state index contributed by atoms with van der Waals surface area (Å²) in [5, 5.41) is 8.20. The molecule has 0 atom stereocenters. The third kappa shape index (κ3) is 10.9. The zero-order valence-corrected chi connectivity index (χ0v) is 16.1. The first-order valence-corrected chi connectivity index (χ1v) is 8.84. The Balaban J connectivity index is 4.25. The maximum Gasteiger partial charge on any atom is 0.137 e. The molecule has 0 unspecified atom stereocenters. The van der Waals surface area contributed by atoms with E-state index in [4.69, 9.17) is 10.1 Å². The molecule has 0 saturated carbocycles. The highest BCUT2D eigenvalue weighted by atomic mass is 16.5. The largest absolute Gasteiger partial charge is 0.492 e. The molecule has 0 aromatic carbocycles. The van der Waals surface area contributed by atoms with Crippen LogP contribution in [0.25, 0.3) is 0 Å². The van der Waals surface area contributed by atoms with Crippen LogP contribution in [-0.4, -0.2) is 12.3 Å². The predicted molar refractivity (Wildman–Crippen MR) is 112 cm³/mol. The van der Waals surface area contributed by atoms with E-state index in [1.54, 1.807) is 0 Å².